The van der Waals surface area contributed by atoms with E-state index in [4.69, 9.17) is 0 Å². The number of nitrogens with one attached hydrogen (secondary N) is 1. The highest BCUT2D eigenvalue weighted by Crippen LogP contribution is 2.32. The van der Waals surface area contributed by atoms with E-state index in [0.29, 0.717) is 5.92 Å². The lowest BCUT2D eigenvalue weighted by atomic mass is 9.86. The lowest BCUT2D eigenvalue weighted by molar-refractivity contribution is -0.141. The maximum atomic E-state index is 12.8. The molecule has 6 heteroatoms. The molecule has 1 aliphatic rings. The minimum Gasteiger partial charge on any atom is -0.324 e. The second-order valence-electron chi connectivity index (χ2n) is 6.56. The van der Waals surface area contributed by atoms with E-state index in [2.05, 4.69) is 21.4 Å². The summed E-state index contributed by atoms with van der Waals surface area (Å²) >= 11 is 0. The van der Waals surface area contributed by atoms with Crippen LogP contribution in [0.15, 0.2) is 36.5 Å². The fraction of sp³-hybridized carbons (Fsp3) is 0.474. The molecule has 1 aliphatic carbocycles. The van der Waals surface area contributed by atoms with Crippen LogP contribution in [0.25, 0.3) is 0 Å². The Morgan fingerprint density at radius 1 is 0.960 bits per heavy atom. The van der Waals surface area contributed by atoms with Crippen molar-refractivity contribution in [2.24, 2.45) is 0 Å². The fourth-order valence-corrected chi connectivity index (χ4v) is 3.37. The molecule has 3 nitrogen and oxygen atoms in total. The van der Waals surface area contributed by atoms with Crippen LogP contribution >= 0.6 is 0 Å². The predicted octanol–water partition coefficient (Wildman–Crippen LogP) is 6.07. The van der Waals surface area contributed by atoms with Crippen LogP contribution in [-0.2, 0) is 6.18 Å². The van der Waals surface area contributed by atoms with Gasteiger partial charge in [-0.25, -0.2) is 9.97 Å². The van der Waals surface area contributed by atoms with E-state index in [1.54, 1.807) is 0 Å². The Hall–Kier alpha value is -2.11. The van der Waals surface area contributed by atoms with Crippen molar-refractivity contribution in [1.29, 1.82) is 0 Å². The van der Waals surface area contributed by atoms with E-state index in [-0.39, 0.29) is 5.95 Å². The van der Waals surface area contributed by atoms with Crippen LogP contribution in [0.5, 0.6) is 0 Å². The minimum absolute atomic E-state index is 0.0374. The van der Waals surface area contributed by atoms with Crippen molar-refractivity contribution in [1.82, 2.24) is 9.97 Å². The van der Waals surface area contributed by atoms with Gasteiger partial charge in [0.05, 0.1) is 0 Å². The van der Waals surface area contributed by atoms with Gasteiger partial charge in [-0.05, 0) is 42.5 Å². The highest BCUT2D eigenvalue weighted by atomic mass is 19.4. The van der Waals surface area contributed by atoms with Crippen molar-refractivity contribution in [3.05, 3.63) is 47.8 Å². The Balaban J connectivity index is 1.75. The van der Waals surface area contributed by atoms with Crippen LogP contribution in [0, 0.1) is 0 Å². The molecule has 0 atom stereocenters. The highest BCUT2D eigenvalue weighted by Gasteiger charge is 2.32. The van der Waals surface area contributed by atoms with Gasteiger partial charge in [0.15, 0.2) is 0 Å². The highest BCUT2D eigenvalue weighted by molar-refractivity contribution is 5.54. The molecular formula is C19H22F3N3. The first kappa shape index (κ1) is 17.7. The number of nitrogens with zero attached hydrogens (tertiary/aromatic N) is 2. The van der Waals surface area contributed by atoms with Gasteiger partial charge in [0.25, 0.3) is 0 Å². The van der Waals surface area contributed by atoms with Gasteiger partial charge < -0.3 is 5.32 Å². The number of anilines is 2. The molecule has 25 heavy (non-hydrogen) atoms. The fourth-order valence-electron chi connectivity index (χ4n) is 3.37. The van der Waals surface area contributed by atoms with Crippen molar-refractivity contribution in [2.75, 3.05) is 5.32 Å². The molecule has 0 bridgehead atoms. The van der Waals surface area contributed by atoms with Crippen molar-refractivity contribution in [3.8, 4) is 0 Å². The molecular weight excluding hydrogens is 327 g/mol. The molecule has 0 unspecified atom stereocenters. The SMILES string of the molecule is FC(F)(F)c1ccnc(Nc2cccc(C3CCCCCCC3)c2)n1. The van der Waals surface area contributed by atoms with Crippen LogP contribution in [0.2, 0.25) is 0 Å². The Kier molecular flexibility index (Phi) is 5.56. The molecule has 0 amide bonds. The largest absolute Gasteiger partial charge is 0.433 e. The first-order valence-corrected chi connectivity index (χ1v) is 8.79. The number of aromatic nitrogens is 2. The summed E-state index contributed by atoms with van der Waals surface area (Å²) < 4.78 is 38.3. The summed E-state index contributed by atoms with van der Waals surface area (Å²) in [6.07, 6.45) is 5.35. The molecule has 3 rings (SSSR count). The van der Waals surface area contributed by atoms with Gasteiger partial charge in [0.2, 0.25) is 5.95 Å². The molecule has 0 radical (unpaired) electrons. The Bertz CT molecular complexity index is 692. The molecule has 0 spiro atoms. The third-order valence-electron chi connectivity index (χ3n) is 4.67. The standard InChI is InChI=1S/C19H22F3N3/c20-19(21,22)17-11-12-23-18(25-17)24-16-10-6-9-15(13-16)14-7-4-2-1-3-5-8-14/h6,9-14H,1-5,7-8H2,(H,23,24,25). The molecule has 1 fully saturated rings. The first-order valence-electron chi connectivity index (χ1n) is 8.79. The summed E-state index contributed by atoms with van der Waals surface area (Å²) in [5.41, 5.74) is 1.01. The average Bonchev–Trinajstić information content (AvgIpc) is 2.54. The summed E-state index contributed by atoms with van der Waals surface area (Å²) in [6, 6.07) is 8.75. The Morgan fingerprint density at radius 3 is 2.40 bits per heavy atom. The van der Waals surface area contributed by atoms with E-state index in [0.717, 1.165) is 18.0 Å². The number of hydrogen-bond acceptors (Lipinski definition) is 3. The quantitative estimate of drug-likeness (QED) is 0.731. The molecule has 1 heterocycles. The maximum absolute atomic E-state index is 12.8. The van der Waals surface area contributed by atoms with Gasteiger partial charge in [0.1, 0.15) is 5.69 Å². The molecule has 1 aromatic heterocycles. The number of benzene rings is 1. The monoisotopic (exact) mass is 349 g/mol. The number of hydrogen-bond donors (Lipinski definition) is 1. The zero-order chi connectivity index (χ0) is 17.7. The Morgan fingerprint density at radius 2 is 1.68 bits per heavy atom. The molecule has 0 aliphatic heterocycles. The number of alkyl halides is 3. The van der Waals surface area contributed by atoms with Crippen LogP contribution in [-0.4, -0.2) is 9.97 Å². The minimum atomic E-state index is -4.47. The van der Waals surface area contributed by atoms with Crippen LogP contribution in [0.1, 0.15) is 62.1 Å². The first-order chi connectivity index (χ1) is 12.0. The molecule has 1 N–H and O–H groups in total. The zero-order valence-corrected chi connectivity index (χ0v) is 14.0. The Labute approximate surface area is 145 Å². The molecule has 0 saturated heterocycles. The van der Waals surface area contributed by atoms with Gasteiger partial charge in [-0.3, -0.25) is 0 Å². The topological polar surface area (TPSA) is 37.8 Å². The third-order valence-corrected chi connectivity index (χ3v) is 4.67. The van der Waals surface area contributed by atoms with E-state index >= 15 is 0 Å². The summed E-state index contributed by atoms with van der Waals surface area (Å²) in [4.78, 5) is 7.46. The molecule has 134 valence electrons. The van der Waals surface area contributed by atoms with E-state index < -0.39 is 11.9 Å². The van der Waals surface area contributed by atoms with Gasteiger partial charge in [-0.2, -0.15) is 13.2 Å². The summed E-state index contributed by atoms with van der Waals surface area (Å²) in [5.74, 6) is 0.481. The maximum Gasteiger partial charge on any atom is 0.433 e. The number of rotatable bonds is 3. The molecule has 1 saturated carbocycles. The van der Waals surface area contributed by atoms with Crippen LogP contribution in [0.3, 0.4) is 0 Å². The molecule has 1 aromatic carbocycles. The normalized spacial score (nSPS) is 16.9. The smallest absolute Gasteiger partial charge is 0.324 e. The van der Waals surface area contributed by atoms with E-state index in [1.165, 1.54) is 50.5 Å². The van der Waals surface area contributed by atoms with Crippen LogP contribution in [0.4, 0.5) is 24.8 Å². The van der Waals surface area contributed by atoms with E-state index in [1.807, 2.05) is 18.2 Å². The summed E-state index contributed by atoms with van der Waals surface area (Å²) in [5, 5.41) is 2.90. The van der Waals surface area contributed by atoms with Crippen LogP contribution < -0.4 is 5.32 Å². The second-order valence-corrected chi connectivity index (χ2v) is 6.56. The van der Waals surface area contributed by atoms with Gasteiger partial charge in [-0.15, -0.1) is 0 Å². The predicted molar refractivity (Wildman–Crippen MR) is 91.8 cm³/mol. The van der Waals surface area contributed by atoms with Crippen molar-refractivity contribution >= 4 is 11.6 Å². The van der Waals surface area contributed by atoms with Crippen molar-refractivity contribution < 1.29 is 13.2 Å². The lowest BCUT2D eigenvalue weighted by Gasteiger charge is -2.20. The van der Waals surface area contributed by atoms with Gasteiger partial charge >= 0.3 is 6.18 Å². The van der Waals surface area contributed by atoms with E-state index in [9.17, 15) is 13.2 Å². The average molecular weight is 349 g/mol. The third kappa shape index (κ3) is 4.94. The zero-order valence-electron chi connectivity index (χ0n) is 14.0. The number of halogens is 3. The van der Waals surface area contributed by atoms with Gasteiger partial charge in [-0.1, -0.05) is 44.2 Å². The van der Waals surface area contributed by atoms with Crippen molar-refractivity contribution in [3.63, 3.8) is 0 Å². The lowest BCUT2D eigenvalue weighted by Crippen LogP contribution is -2.10. The summed E-state index contributed by atoms with van der Waals surface area (Å²) in [7, 11) is 0. The summed E-state index contributed by atoms with van der Waals surface area (Å²) in [6.45, 7) is 0. The second kappa shape index (κ2) is 7.85. The van der Waals surface area contributed by atoms with Crippen molar-refractivity contribution in [2.45, 2.75) is 57.0 Å². The molecule has 2 aromatic rings. The van der Waals surface area contributed by atoms with Gasteiger partial charge in [0, 0.05) is 11.9 Å².